The highest BCUT2D eigenvalue weighted by atomic mass is 16.5. The maximum absolute atomic E-state index is 12.6. The molecule has 0 bridgehead atoms. The van der Waals surface area contributed by atoms with Gasteiger partial charge in [-0.05, 0) is 32.0 Å². The third kappa shape index (κ3) is 4.21. The number of benzene rings is 1. The van der Waals surface area contributed by atoms with E-state index in [4.69, 9.17) is 4.74 Å². The van der Waals surface area contributed by atoms with Crippen LogP contribution in [0.25, 0.3) is 0 Å². The molecule has 0 spiro atoms. The fourth-order valence-corrected chi connectivity index (χ4v) is 3.55. The van der Waals surface area contributed by atoms with E-state index in [0.29, 0.717) is 25.5 Å². The molecule has 1 aliphatic rings. The largest absolute Gasteiger partial charge is 0.483 e. The van der Waals surface area contributed by atoms with Crippen molar-refractivity contribution in [2.45, 2.75) is 31.6 Å². The van der Waals surface area contributed by atoms with Gasteiger partial charge in [-0.15, -0.1) is 0 Å². The Morgan fingerprint density at radius 2 is 1.96 bits per heavy atom. The van der Waals surface area contributed by atoms with Crippen molar-refractivity contribution in [1.82, 2.24) is 9.47 Å². The molecule has 1 N–H and O–H groups in total. The van der Waals surface area contributed by atoms with Gasteiger partial charge in [0.15, 0.2) is 18.3 Å². The molecule has 2 unspecified atom stereocenters. The van der Waals surface area contributed by atoms with Gasteiger partial charge in [-0.3, -0.25) is 14.4 Å². The lowest BCUT2D eigenvalue weighted by molar-refractivity contribution is 0.0954. The van der Waals surface area contributed by atoms with E-state index in [1.807, 2.05) is 37.4 Å². The van der Waals surface area contributed by atoms with E-state index in [1.165, 1.54) is 10.8 Å². The molecule has 1 aliphatic heterocycles. The van der Waals surface area contributed by atoms with E-state index in [1.54, 1.807) is 0 Å². The van der Waals surface area contributed by atoms with Gasteiger partial charge in [-0.25, -0.2) is 0 Å². The number of ether oxygens (including phenoxy) is 1. The van der Waals surface area contributed by atoms with E-state index in [-0.39, 0.29) is 23.6 Å². The van der Waals surface area contributed by atoms with Crippen molar-refractivity contribution in [3.63, 3.8) is 0 Å². The number of hydrogen-bond donors (Lipinski definition) is 1. The van der Waals surface area contributed by atoms with Crippen LogP contribution in [0, 0.1) is 0 Å². The molecular formula is C21H24N2O5. The molecule has 0 radical (unpaired) electrons. The SMILES string of the molecule is CN1CCCC(O)C(n2cc(C=O)c(=O)c(OCc3ccccc3)c2C=O)C1. The van der Waals surface area contributed by atoms with Crippen LogP contribution in [-0.2, 0) is 6.61 Å². The monoisotopic (exact) mass is 384 g/mol. The Morgan fingerprint density at radius 1 is 1.21 bits per heavy atom. The summed E-state index contributed by atoms with van der Waals surface area (Å²) < 4.78 is 7.21. The molecule has 2 atom stereocenters. The van der Waals surface area contributed by atoms with Crippen molar-refractivity contribution in [2.24, 2.45) is 0 Å². The molecule has 2 heterocycles. The molecule has 7 heteroatoms. The Morgan fingerprint density at radius 3 is 2.64 bits per heavy atom. The number of nitrogens with zero attached hydrogens (tertiary/aromatic N) is 2. The van der Waals surface area contributed by atoms with Crippen LogP contribution in [0.15, 0.2) is 41.3 Å². The van der Waals surface area contributed by atoms with Crippen LogP contribution in [-0.4, -0.2) is 53.4 Å². The second-order valence-electron chi connectivity index (χ2n) is 7.08. The van der Waals surface area contributed by atoms with Crippen molar-refractivity contribution in [2.75, 3.05) is 20.1 Å². The van der Waals surface area contributed by atoms with Gasteiger partial charge in [0.05, 0.1) is 17.7 Å². The second-order valence-corrected chi connectivity index (χ2v) is 7.08. The number of pyridine rings is 1. The van der Waals surface area contributed by atoms with Gasteiger partial charge in [-0.1, -0.05) is 30.3 Å². The van der Waals surface area contributed by atoms with Gasteiger partial charge in [0.2, 0.25) is 5.43 Å². The number of aromatic nitrogens is 1. The van der Waals surface area contributed by atoms with Gasteiger partial charge in [-0.2, -0.15) is 0 Å². The zero-order chi connectivity index (χ0) is 20.1. The molecule has 1 aromatic carbocycles. The summed E-state index contributed by atoms with van der Waals surface area (Å²) in [5.74, 6) is -0.164. The smallest absolute Gasteiger partial charge is 0.234 e. The first-order chi connectivity index (χ1) is 13.5. The summed E-state index contributed by atoms with van der Waals surface area (Å²) in [6.45, 7) is 1.40. The minimum absolute atomic E-state index is 0.0332. The zero-order valence-electron chi connectivity index (χ0n) is 15.8. The third-order valence-corrected chi connectivity index (χ3v) is 5.06. The number of carbonyl (C=O) groups is 2. The quantitative estimate of drug-likeness (QED) is 0.763. The van der Waals surface area contributed by atoms with E-state index in [9.17, 15) is 19.5 Å². The number of aliphatic hydroxyl groups excluding tert-OH is 1. The van der Waals surface area contributed by atoms with Crippen molar-refractivity contribution in [3.05, 3.63) is 63.6 Å². The predicted octanol–water partition coefficient (Wildman–Crippen LogP) is 1.68. The lowest BCUT2D eigenvalue weighted by atomic mass is 10.1. The van der Waals surface area contributed by atoms with Gasteiger partial charge >= 0.3 is 0 Å². The van der Waals surface area contributed by atoms with Crippen LogP contribution < -0.4 is 10.2 Å². The summed E-state index contributed by atoms with van der Waals surface area (Å²) in [7, 11) is 1.93. The van der Waals surface area contributed by atoms with Crippen molar-refractivity contribution >= 4 is 12.6 Å². The Bertz CT molecular complexity index is 894. The van der Waals surface area contributed by atoms with Crippen LogP contribution in [0.2, 0.25) is 0 Å². The van der Waals surface area contributed by atoms with E-state index in [0.717, 1.165) is 18.5 Å². The molecule has 1 fully saturated rings. The topological polar surface area (TPSA) is 88.8 Å². The van der Waals surface area contributed by atoms with Gasteiger partial charge < -0.3 is 19.3 Å². The van der Waals surface area contributed by atoms with Gasteiger partial charge in [0.25, 0.3) is 0 Å². The molecule has 0 saturated carbocycles. The van der Waals surface area contributed by atoms with Crippen LogP contribution in [0.5, 0.6) is 5.75 Å². The number of aldehydes is 2. The highest BCUT2D eigenvalue weighted by molar-refractivity contribution is 5.81. The fourth-order valence-electron chi connectivity index (χ4n) is 3.55. The van der Waals surface area contributed by atoms with Crippen LogP contribution in [0.3, 0.4) is 0 Å². The van der Waals surface area contributed by atoms with Crippen LogP contribution in [0.4, 0.5) is 0 Å². The van der Waals surface area contributed by atoms with Crippen LogP contribution in [0.1, 0.15) is 45.3 Å². The summed E-state index contributed by atoms with van der Waals surface area (Å²) in [5, 5.41) is 10.6. The first kappa shape index (κ1) is 20.0. The predicted molar refractivity (Wildman–Crippen MR) is 104 cm³/mol. The normalized spacial score (nSPS) is 20.4. The Hall–Kier alpha value is -2.77. The minimum Gasteiger partial charge on any atom is -0.483 e. The van der Waals surface area contributed by atoms with Gasteiger partial charge in [0.1, 0.15) is 12.3 Å². The first-order valence-electron chi connectivity index (χ1n) is 9.28. The molecular weight excluding hydrogens is 360 g/mol. The molecule has 7 nitrogen and oxygen atoms in total. The number of likely N-dealkylation sites (N-methyl/N-ethyl adjacent to an activating group) is 1. The maximum Gasteiger partial charge on any atom is 0.234 e. The van der Waals surface area contributed by atoms with E-state index < -0.39 is 17.6 Å². The first-order valence-corrected chi connectivity index (χ1v) is 9.28. The Labute approximate surface area is 163 Å². The summed E-state index contributed by atoms with van der Waals surface area (Å²) >= 11 is 0. The van der Waals surface area contributed by atoms with E-state index >= 15 is 0 Å². The average molecular weight is 384 g/mol. The van der Waals surface area contributed by atoms with Gasteiger partial charge in [0, 0.05) is 12.7 Å². The number of hydrogen-bond acceptors (Lipinski definition) is 6. The molecule has 1 saturated heterocycles. The average Bonchev–Trinajstić information content (AvgIpc) is 2.87. The second kappa shape index (κ2) is 8.95. The van der Waals surface area contributed by atoms with Crippen LogP contribution >= 0.6 is 0 Å². The minimum atomic E-state index is -0.701. The molecule has 3 rings (SSSR count). The lowest BCUT2D eigenvalue weighted by Gasteiger charge is -2.28. The summed E-state index contributed by atoms with van der Waals surface area (Å²) in [5.41, 5.74) is 0.135. The standard InChI is InChI=1S/C21H24N2O5/c1-22-9-5-8-19(26)17(11-22)23-10-16(12-24)20(27)21(18(23)13-25)28-14-15-6-3-2-4-7-15/h2-4,6-7,10,12-13,17,19,26H,5,8-9,11,14H2,1H3. The molecule has 0 aliphatic carbocycles. The highest BCUT2D eigenvalue weighted by Gasteiger charge is 2.29. The maximum atomic E-state index is 12.6. The molecule has 28 heavy (non-hydrogen) atoms. The summed E-state index contributed by atoms with van der Waals surface area (Å²) in [4.78, 5) is 38.1. The highest BCUT2D eigenvalue weighted by Crippen LogP contribution is 2.26. The molecule has 1 aromatic heterocycles. The van der Waals surface area contributed by atoms with Crippen molar-refractivity contribution in [3.8, 4) is 5.75 Å². The Kier molecular flexibility index (Phi) is 6.38. The number of likely N-dealkylation sites (tertiary alicyclic amines) is 1. The molecule has 148 valence electrons. The number of carbonyl (C=O) groups excluding carboxylic acids is 2. The van der Waals surface area contributed by atoms with Crippen molar-refractivity contribution < 1.29 is 19.4 Å². The number of aliphatic hydroxyl groups is 1. The third-order valence-electron chi connectivity index (χ3n) is 5.06. The van der Waals surface area contributed by atoms with E-state index in [2.05, 4.69) is 4.90 Å². The fraction of sp³-hybridized carbons (Fsp3) is 0.381. The summed E-state index contributed by atoms with van der Waals surface area (Å²) in [6.07, 6.45) is 3.04. The van der Waals surface area contributed by atoms with Crippen molar-refractivity contribution in [1.29, 1.82) is 0 Å². The molecule has 2 aromatic rings. The zero-order valence-corrected chi connectivity index (χ0v) is 15.8. The Balaban J connectivity index is 2.05. The lowest BCUT2D eigenvalue weighted by Crippen LogP contribution is -2.35. The molecule has 0 amide bonds. The number of rotatable bonds is 6. The summed E-state index contributed by atoms with van der Waals surface area (Å²) in [6, 6.07) is 8.77.